The molecule has 8 heteroatoms. The fourth-order valence-electron chi connectivity index (χ4n) is 2.15. The van der Waals surface area contributed by atoms with E-state index < -0.39 is 23.9 Å². The number of aryl methyl sites for hydroxylation is 1. The average Bonchev–Trinajstić information content (AvgIpc) is 2.60. The molecule has 0 fully saturated rings. The maximum Gasteiger partial charge on any atom is 0.363 e. The predicted octanol–water partition coefficient (Wildman–Crippen LogP) is 2.27. The Kier molecular flexibility index (Phi) is 6.52. The molecule has 2 aromatic rings. The van der Waals surface area contributed by atoms with E-state index in [0.717, 1.165) is 6.42 Å². The Balaban J connectivity index is 2.19. The van der Waals surface area contributed by atoms with Crippen molar-refractivity contribution >= 4 is 23.5 Å². The minimum atomic E-state index is -0.947. The van der Waals surface area contributed by atoms with Gasteiger partial charge in [0.1, 0.15) is 0 Å². The lowest BCUT2D eigenvalue weighted by Gasteiger charge is -2.12. The number of halogens is 1. The molecule has 1 amide bonds. The summed E-state index contributed by atoms with van der Waals surface area (Å²) in [5, 5.41) is 7.31. The molecule has 0 bridgehead atoms. The molecule has 26 heavy (non-hydrogen) atoms. The highest BCUT2D eigenvalue weighted by molar-refractivity contribution is 6.30. The minimum Gasteiger partial charge on any atom is -0.451 e. The molecule has 7 nitrogen and oxygen atoms in total. The summed E-state index contributed by atoms with van der Waals surface area (Å²) in [7, 11) is 0. The van der Waals surface area contributed by atoms with Gasteiger partial charge in [0.05, 0.1) is 5.69 Å². The number of nitrogens with zero attached hydrogens (tertiary/aromatic N) is 2. The summed E-state index contributed by atoms with van der Waals surface area (Å²) in [6.07, 6.45) is 0.755. The summed E-state index contributed by atoms with van der Waals surface area (Å²) < 4.78 is 6.36. The second-order valence-corrected chi connectivity index (χ2v) is 6.28. The highest BCUT2D eigenvalue weighted by atomic mass is 35.5. The molecule has 1 N–H and O–H groups in total. The number of nitrogens with one attached hydrogen (secondary N) is 1. The summed E-state index contributed by atoms with van der Waals surface area (Å²) in [6.45, 7) is 4.98. The van der Waals surface area contributed by atoms with E-state index in [1.165, 1.54) is 10.7 Å². The van der Waals surface area contributed by atoms with Gasteiger partial charge in [0, 0.05) is 22.8 Å². The standard InChI is InChI=1S/C18H20ClN3O4/c1-4-11(2)20-16(24)10-26-18(25)17-15(23)9-12(3)22(21-17)14-7-5-13(19)6-8-14/h5-9,11H,4,10H2,1-3H3,(H,20,24)/t11-/m1/s1. The van der Waals surface area contributed by atoms with Crippen LogP contribution in [0.5, 0.6) is 0 Å². The molecule has 0 saturated carbocycles. The fraction of sp³-hybridized carbons (Fsp3) is 0.333. The Labute approximate surface area is 155 Å². The van der Waals surface area contributed by atoms with Crippen molar-refractivity contribution in [1.82, 2.24) is 15.1 Å². The van der Waals surface area contributed by atoms with Crippen LogP contribution in [-0.4, -0.2) is 34.3 Å². The molecule has 2 rings (SSSR count). The van der Waals surface area contributed by atoms with Crippen molar-refractivity contribution in [3.8, 4) is 5.69 Å². The average molecular weight is 378 g/mol. The van der Waals surface area contributed by atoms with E-state index in [2.05, 4.69) is 10.4 Å². The van der Waals surface area contributed by atoms with Crippen LogP contribution in [0.3, 0.4) is 0 Å². The third-order valence-electron chi connectivity index (χ3n) is 3.73. The molecule has 138 valence electrons. The molecule has 0 unspecified atom stereocenters. The molecule has 1 atom stereocenters. The number of benzene rings is 1. The quantitative estimate of drug-likeness (QED) is 0.780. The van der Waals surface area contributed by atoms with Gasteiger partial charge >= 0.3 is 5.97 Å². The van der Waals surface area contributed by atoms with Crippen LogP contribution in [0.15, 0.2) is 35.1 Å². The van der Waals surface area contributed by atoms with Crippen molar-refractivity contribution in [3.05, 3.63) is 57.0 Å². The number of ether oxygens (including phenoxy) is 1. The summed E-state index contributed by atoms with van der Waals surface area (Å²) >= 11 is 5.87. The first-order valence-electron chi connectivity index (χ1n) is 8.15. The normalized spacial score (nSPS) is 11.7. The van der Waals surface area contributed by atoms with E-state index in [1.54, 1.807) is 31.2 Å². The first kappa shape index (κ1) is 19.7. The van der Waals surface area contributed by atoms with Gasteiger partial charge < -0.3 is 10.1 Å². The minimum absolute atomic E-state index is 0.0270. The molecule has 1 aromatic carbocycles. The maximum absolute atomic E-state index is 12.2. The van der Waals surface area contributed by atoms with Gasteiger partial charge in [-0.3, -0.25) is 9.59 Å². The van der Waals surface area contributed by atoms with Gasteiger partial charge in [-0.1, -0.05) is 18.5 Å². The highest BCUT2D eigenvalue weighted by Gasteiger charge is 2.18. The van der Waals surface area contributed by atoms with Crippen LogP contribution in [0.1, 0.15) is 36.5 Å². The van der Waals surface area contributed by atoms with Gasteiger partial charge in [-0.15, -0.1) is 0 Å². The molecule has 0 spiro atoms. The van der Waals surface area contributed by atoms with Crippen molar-refractivity contribution in [1.29, 1.82) is 0 Å². The lowest BCUT2D eigenvalue weighted by molar-refractivity contribution is -0.124. The van der Waals surface area contributed by atoms with Crippen molar-refractivity contribution in [2.24, 2.45) is 0 Å². The number of hydrogen-bond acceptors (Lipinski definition) is 5. The zero-order valence-corrected chi connectivity index (χ0v) is 15.5. The third-order valence-corrected chi connectivity index (χ3v) is 3.98. The Bertz CT molecular complexity index is 862. The molecular weight excluding hydrogens is 358 g/mol. The lowest BCUT2D eigenvalue weighted by atomic mass is 10.2. The molecule has 1 heterocycles. The Morgan fingerprint density at radius 1 is 1.31 bits per heavy atom. The Morgan fingerprint density at radius 2 is 1.96 bits per heavy atom. The number of carbonyl (C=O) groups excluding carboxylic acids is 2. The summed E-state index contributed by atoms with van der Waals surface area (Å²) in [6, 6.07) is 8.03. The van der Waals surface area contributed by atoms with Crippen molar-refractivity contribution in [2.45, 2.75) is 33.2 Å². The fourth-order valence-corrected chi connectivity index (χ4v) is 2.28. The SMILES string of the molecule is CC[C@@H](C)NC(=O)COC(=O)c1nn(-c2ccc(Cl)cc2)c(C)cc1=O. The van der Waals surface area contributed by atoms with Crippen molar-refractivity contribution < 1.29 is 14.3 Å². The predicted molar refractivity (Wildman–Crippen MR) is 97.8 cm³/mol. The van der Waals surface area contributed by atoms with Crippen LogP contribution in [0.25, 0.3) is 5.69 Å². The number of esters is 1. The van der Waals surface area contributed by atoms with E-state index >= 15 is 0 Å². The summed E-state index contributed by atoms with van der Waals surface area (Å²) in [5.41, 5.74) is 0.223. The van der Waals surface area contributed by atoms with Gasteiger partial charge in [-0.25, -0.2) is 9.48 Å². The Morgan fingerprint density at radius 3 is 2.58 bits per heavy atom. The second kappa shape index (κ2) is 8.62. The topological polar surface area (TPSA) is 90.3 Å². The van der Waals surface area contributed by atoms with Gasteiger partial charge in [-0.2, -0.15) is 5.10 Å². The zero-order chi connectivity index (χ0) is 19.3. The third kappa shape index (κ3) is 4.92. The largest absolute Gasteiger partial charge is 0.451 e. The second-order valence-electron chi connectivity index (χ2n) is 5.84. The Hall–Kier alpha value is -2.67. The first-order valence-corrected chi connectivity index (χ1v) is 8.53. The monoisotopic (exact) mass is 377 g/mol. The smallest absolute Gasteiger partial charge is 0.363 e. The van der Waals surface area contributed by atoms with Gasteiger partial charge in [0.2, 0.25) is 11.1 Å². The van der Waals surface area contributed by atoms with E-state index in [0.29, 0.717) is 16.4 Å². The number of rotatable bonds is 6. The molecule has 0 radical (unpaired) electrons. The van der Waals surface area contributed by atoms with Crippen molar-refractivity contribution in [2.75, 3.05) is 6.61 Å². The number of aromatic nitrogens is 2. The summed E-state index contributed by atoms with van der Waals surface area (Å²) in [5.74, 6) is -1.38. The van der Waals surface area contributed by atoms with Crippen LogP contribution >= 0.6 is 11.6 Å². The van der Waals surface area contributed by atoms with Gasteiger partial charge in [-0.05, 0) is 44.5 Å². The molecule has 0 aliphatic heterocycles. The number of amides is 1. The lowest BCUT2D eigenvalue weighted by Crippen LogP contribution is -2.36. The molecule has 0 aliphatic rings. The van der Waals surface area contributed by atoms with E-state index in [-0.39, 0.29) is 11.7 Å². The van der Waals surface area contributed by atoms with Crippen LogP contribution in [0, 0.1) is 6.92 Å². The van der Waals surface area contributed by atoms with Crippen LogP contribution in [-0.2, 0) is 9.53 Å². The molecular formula is C18H20ClN3O4. The molecule has 0 saturated heterocycles. The van der Waals surface area contributed by atoms with E-state index in [4.69, 9.17) is 16.3 Å². The van der Waals surface area contributed by atoms with Crippen LogP contribution in [0.4, 0.5) is 0 Å². The van der Waals surface area contributed by atoms with Gasteiger partial charge in [0.25, 0.3) is 5.91 Å². The zero-order valence-electron chi connectivity index (χ0n) is 14.8. The number of hydrogen-bond donors (Lipinski definition) is 1. The number of carbonyl (C=O) groups is 2. The first-order chi connectivity index (χ1) is 12.3. The van der Waals surface area contributed by atoms with Crippen LogP contribution in [0.2, 0.25) is 5.02 Å². The van der Waals surface area contributed by atoms with E-state index in [9.17, 15) is 14.4 Å². The molecule has 1 aromatic heterocycles. The van der Waals surface area contributed by atoms with Crippen molar-refractivity contribution in [3.63, 3.8) is 0 Å². The van der Waals surface area contributed by atoms with Gasteiger partial charge in [0.15, 0.2) is 6.61 Å². The highest BCUT2D eigenvalue weighted by Crippen LogP contribution is 2.13. The van der Waals surface area contributed by atoms with Crippen LogP contribution < -0.4 is 10.7 Å². The maximum atomic E-state index is 12.2. The molecule has 0 aliphatic carbocycles. The summed E-state index contributed by atoms with van der Waals surface area (Å²) in [4.78, 5) is 36.0. The van der Waals surface area contributed by atoms with E-state index in [1.807, 2.05) is 13.8 Å².